The zero-order valence-corrected chi connectivity index (χ0v) is 14.9. The fraction of sp³-hybridized carbons (Fsp3) is 0.250. The van der Waals surface area contributed by atoms with Gasteiger partial charge in [0.15, 0.2) is 15.8 Å². The Bertz CT molecular complexity index is 917. The van der Waals surface area contributed by atoms with Gasteiger partial charge in [0.1, 0.15) is 5.75 Å². The standard InChI is InChI=1S/C16H18O6S2/c1-21-14-7-5-6-13(10-14)11-22-12-24(19,20)16-9-4-3-8-15(16)23(2,17)18/h3-10H,11-12H2,1-2H3. The molecular formula is C16H18O6S2. The van der Waals surface area contributed by atoms with E-state index in [0.29, 0.717) is 5.75 Å². The van der Waals surface area contributed by atoms with Crippen molar-refractivity contribution in [1.82, 2.24) is 0 Å². The van der Waals surface area contributed by atoms with Crippen LogP contribution in [0.5, 0.6) is 5.75 Å². The van der Waals surface area contributed by atoms with Gasteiger partial charge in [-0.2, -0.15) is 0 Å². The first-order valence-corrected chi connectivity index (χ1v) is 10.5. The number of hydrogen-bond acceptors (Lipinski definition) is 6. The van der Waals surface area contributed by atoms with Gasteiger partial charge in [-0.15, -0.1) is 0 Å². The van der Waals surface area contributed by atoms with Gasteiger partial charge in [-0.3, -0.25) is 0 Å². The van der Waals surface area contributed by atoms with Crippen LogP contribution in [0.3, 0.4) is 0 Å². The zero-order valence-electron chi connectivity index (χ0n) is 13.3. The Kier molecular flexibility index (Phi) is 5.63. The Morgan fingerprint density at radius 2 is 1.58 bits per heavy atom. The smallest absolute Gasteiger partial charge is 0.203 e. The monoisotopic (exact) mass is 370 g/mol. The van der Waals surface area contributed by atoms with Crippen molar-refractivity contribution >= 4 is 19.7 Å². The van der Waals surface area contributed by atoms with Gasteiger partial charge < -0.3 is 9.47 Å². The van der Waals surface area contributed by atoms with E-state index in [0.717, 1.165) is 11.8 Å². The molecule has 8 heteroatoms. The van der Waals surface area contributed by atoms with Gasteiger partial charge in [0.05, 0.1) is 23.5 Å². The molecule has 0 saturated carbocycles. The molecule has 0 saturated heterocycles. The van der Waals surface area contributed by atoms with Crippen LogP contribution in [-0.4, -0.2) is 36.1 Å². The first-order valence-electron chi connectivity index (χ1n) is 6.96. The third kappa shape index (κ3) is 4.56. The first kappa shape index (κ1) is 18.4. The quantitative estimate of drug-likeness (QED) is 0.741. The van der Waals surface area contributed by atoms with Crippen LogP contribution in [0.15, 0.2) is 58.3 Å². The summed E-state index contributed by atoms with van der Waals surface area (Å²) >= 11 is 0. The minimum Gasteiger partial charge on any atom is -0.497 e. The molecule has 0 bridgehead atoms. The van der Waals surface area contributed by atoms with Crippen molar-refractivity contribution < 1.29 is 26.3 Å². The lowest BCUT2D eigenvalue weighted by Crippen LogP contribution is -2.14. The van der Waals surface area contributed by atoms with Gasteiger partial charge in [-0.1, -0.05) is 24.3 Å². The van der Waals surface area contributed by atoms with E-state index in [1.165, 1.54) is 31.4 Å². The van der Waals surface area contributed by atoms with E-state index >= 15 is 0 Å². The molecule has 2 aromatic carbocycles. The van der Waals surface area contributed by atoms with Crippen molar-refractivity contribution in [1.29, 1.82) is 0 Å². The number of methoxy groups -OCH3 is 1. The summed E-state index contributed by atoms with van der Waals surface area (Å²) in [7, 11) is -6.01. The first-order chi connectivity index (χ1) is 11.2. The van der Waals surface area contributed by atoms with E-state index in [2.05, 4.69) is 0 Å². The molecule has 0 N–H and O–H groups in total. The SMILES string of the molecule is COc1cccc(COCS(=O)(=O)c2ccccc2S(C)(=O)=O)c1. The number of ether oxygens (including phenoxy) is 2. The molecule has 0 aromatic heterocycles. The Hall–Kier alpha value is -1.90. The normalized spacial score (nSPS) is 12.1. The van der Waals surface area contributed by atoms with Crippen LogP contribution in [0.25, 0.3) is 0 Å². The molecule has 24 heavy (non-hydrogen) atoms. The van der Waals surface area contributed by atoms with Crippen molar-refractivity contribution in [2.45, 2.75) is 16.4 Å². The number of hydrogen-bond donors (Lipinski definition) is 0. The van der Waals surface area contributed by atoms with Gasteiger partial charge in [0, 0.05) is 6.26 Å². The fourth-order valence-electron chi connectivity index (χ4n) is 2.11. The van der Waals surface area contributed by atoms with Crippen LogP contribution in [0.2, 0.25) is 0 Å². The van der Waals surface area contributed by atoms with E-state index in [1.807, 2.05) is 0 Å². The molecule has 0 fully saturated rings. The summed E-state index contributed by atoms with van der Waals surface area (Å²) in [5, 5.41) is 0. The molecule has 0 aliphatic rings. The molecule has 0 aliphatic heterocycles. The van der Waals surface area contributed by atoms with Crippen molar-refractivity contribution in [3.05, 3.63) is 54.1 Å². The van der Waals surface area contributed by atoms with Gasteiger partial charge in [-0.05, 0) is 29.8 Å². The molecule has 130 valence electrons. The molecular weight excluding hydrogens is 352 g/mol. The highest BCUT2D eigenvalue weighted by Gasteiger charge is 2.23. The highest BCUT2D eigenvalue weighted by Crippen LogP contribution is 2.22. The lowest BCUT2D eigenvalue weighted by Gasteiger charge is -2.10. The van der Waals surface area contributed by atoms with E-state index in [9.17, 15) is 16.8 Å². The average molecular weight is 370 g/mol. The molecule has 0 aliphatic carbocycles. The van der Waals surface area contributed by atoms with E-state index in [-0.39, 0.29) is 16.4 Å². The Labute approximate surface area is 141 Å². The third-order valence-electron chi connectivity index (χ3n) is 3.23. The summed E-state index contributed by atoms with van der Waals surface area (Å²) in [6.07, 6.45) is 0.971. The van der Waals surface area contributed by atoms with Crippen LogP contribution in [0.4, 0.5) is 0 Å². The van der Waals surface area contributed by atoms with Gasteiger partial charge in [-0.25, -0.2) is 16.8 Å². The summed E-state index contributed by atoms with van der Waals surface area (Å²) in [5.41, 5.74) is 0.751. The maximum absolute atomic E-state index is 12.4. The van der Waals surface area contributed by atoms with Crippen molar-refractivity contribution in [3.8, 4) is 5.75 Å². The predicted octanol–water partition coefficient (Wildman–Crippen LogP) is 2.05. The molecule has 0 amide bonds. The highest BCUT2D eigenvalue weighted by molar-refractivity contribution is 7.94. The molecule has 2 aromatic rings. The van der Waals surface area contributed by atoms with Crippen molar-refractivity contribution in [2.24, 2.45) is 0 Å². The van der Waals surface area contributed by atoms with E-state index in [1.54, 1.807) is 24.3 Å². The molecule has 0 heterocycles. The van der Waals surface area contributed by atoms with Crippen LogP contribution in [0.1, 0.15) is 5.56 Å². The van der Waals surface area contributed by atoms with Crippen LogP contribution >= 0.6 is 0 Å². The Balaban J connectivity index is 2.15. The molecule has 0 atom stereocenters. The molecule has 0 spiro atoms. The minimum atomic E-state index is -3.89. The third-order valence-corrected chi connectivity index (χ3v) is 6.01. The summed E-state index contributed by atoms with van der Waals surface area (Å²) in [6, 6.07) is 12.5. The van der Waals surface area contributed by atoms with Gasteiger partial charge in [0.2, 0.25) is 9.84 Å². The average Bonchev–Trinajstić information content (AvgIpc) is 2.54. The molecule has 0 unspecified atom stereocenters. The Morgan fingerprint density at radius 1 is 0.917 bits per heavy atom. The minimum absolute atomic E-state index is 0.0669. The Morgan fingerprint density at radius 3 is 2.21 bits per heavy atom. The lowest BCUT2D eigenvalue weighted by atomic mass is 10.2. The van der Waals surface area contributed by atoms with Crippen LogP contribution in [0, 0.1) is 0 Å². The lowest BCUT2D eigenvalue weighted by molar-refractivity contribution is 0.162. The van der Waals surface area contributed by atoms with Crippen LogP contribution in [-0.2, 0) is 31.0 Å². The van der Waals surface area contributed by atoms with Crippen LogP contribution < -0.4 is 4.74 Å². The molecule has 6 nitrogen and oxygen atoms in total. The van der Waals surface area contributed by atoms with Gasteiger partial charge in [0.25, 0.3) is 0 Å². The topological polar surface area (TPSA) is 86.7 Å². The largest absolute Gasteiger partial charge is 0.497 e. The summed E-state index contributed by atoms with van der Waals surface area (Å²) in [6.45, 7) is 0.0669. The second-order valence-corrected chi connectivity index (χ2v) is 9.04. The summed E-state index contributed by atoms with van der Waals surface area (Å²) in [4.78, 5) is -0.479. The summed E-state index contributed by atoms with van der Waals surface area (Å²) < 4.78 is 58.6. The second kappa shape index (κ2) is 7.33. The maximum Gasteiger partial charge on any atom is 0.203 e. The number of benzene rings is 2. The molecule has 2 rings (SSSR count). The fourth-order valence-corrected chi connectivity index (χ4v) is 4.79. The predicted molar refractivity (Wildman–Crippen MR) is 89.4 cm³/mol. The number of rotatable bonds is 7. The second-order valence-electron chi connectivity index (χ2n) is 5.15. The van der Waals surface area contributed by atoms with Gasteiger partial charge >= 0.3 is 0 Å². The van der Waals surface area contributed by atoms with E-state index < -0.39 is 25.6 Å². The highest BCUT2D eigenvalue weighted by atomic mass is 32.2. The molecule has 0 radical (unpaired) electrons. The van der Waals surface area contributed by atoms with Crippen molar-refractivity contribution in [2.75, 3.05) is 19.3 Å². The van der Waals surface area contributed by atoms with Crippen molar-refractivity contribution in [3.63, 3.8) is 0 Å². The summed E-state index contributed by atoms with van der Waals surface area (Å²) in [5.74, 6) is 0.0258. The maximum atomic E-state index is 12.4. The number of sulfone groups is 2. The zero-order chi connectivity index (χ0) is 17.8. The van der Waals surface area contributed by atoms with E-state index in [4.69, 9.17) is 9.47 Å².